The molecule has 0 amide bonds. The van der Waals surface area contributed by atoms with E-state index in [9.17, 15) is 13.2 Å². The van der Waals surface area contributed by atoms with E-state index in [0.29, 0.717) is 28.3 Å². The molecule has 0 atom stereocenters. The van der Waals surface area contributed by atoms with Crippen molar-refractivity contribution in [1.82, 2.24) is 14.6 Å². The van der Waals surface area contributed by atoms with Gasteiger partial charge in [0.05, 0.1) is 30.9 Å². The molecule has 2 N–H and O–H groups in total. The van der Waals surface area contributed by atoms with Gasteiger partial charge in [-0.2, -0.15) is 0 Å². The molecule has 3 rings (SSSR count). The second-order valence-corrected chi connectivity index (χ2v) is 6.70. The largest absolute Gasteiger partial charge is 0.496 e. The highest BCUT2D eigenvalue weighted by atomic mass is 32.2. The number of hydrogen-bond donors (Lipinski definition) is 2. The van der Waals surface area contributed by atoms with Crippen molar-refractivity contribution >= 4 is 21.4 Å². The molecule has 1 aromatic carbocycles. The Hall–Kier alpha value is -2.81. The molecule has 0 saturated carbocycles. The molecule has 0 bridgehead atoms. The number of fused-ring (bicyclic) bond motifs is 1. The van der Waals surface area contributed by atoms with Gasteiger partial charge in [-0.05, 0) is 18.2 Å². The van der Waals surface area contributed by atoms with Gasteiger partial charge in [0.1, 0.15) is 5.75 Å². The van der Waals surface area contributed by atoms with Crippen molar-refractivity contribution in [2.75, 3.05) is 18.1 Å². The first-order valence-electron chi connectivity index (χ1n) is 6.60. The van der Waals surface area contributed by atoms with Crippen LogP contribution in [-0.2, 0) is 10.0 Å². The molecule has 8 nitrogen and oxygen atoms in total. The van der Waals surface area contributed by atoms with E-state index in [1.165, 1.54) is 17.7 Å². The monoisotopic (exact) mass is 334 g/mol. The summed E-state index contributed by atoms with van der Waals surface area (Å²) in [6.45, 7) is 0. The van der Waals surface area contributed by atoms with E-state index < -0.39 is 10.0 Å². The highest BCUT2D eigenvalue weighted by molar-refractivity contribution is 7.92. The third-order valence-electron chi connectivity index (χ3n) is 3.13. The fourth-order valence-electron chi connectivity index (χ4n) is 2.22. The number of hydrogen-bond acceptors (Lipinski definition) is 5. The Morgan fingerprint density at radius 3 is 2.74 bits per heavy atom. The zero-order valence-electron chi connectivity index (χ0n) is 12.4. The molecule has 120 valence electrons. The number of rotatable bonds is 4. The lowest BCUT2D eigenvalue weighted by molar-refractivity contribution is 0.416. The van der Waals surface area contributed by atoms with Crippen LogP contribution in [0.1, 0.15) is 0 Å². The number of H-pyrrole nitrogens is 1. The van der Waals surface area contributed by atoms with E-state index in [4.69, 9.17) is 4.74 Å². The number of nitrogens with zero attached hydrogens (tertiary/aromatic N) is 2. The van der Waals surface area contributed by atoms with Crippen LogP contribution in [0.25, 0.3) is 16.9 Å². The van der Waals surface area contributed by atoms with Crippen molar-refractivity contribution < 1.29 is 13.2 Å². The standard InChI is InChI=1S/C14H14N4O4S/c1-22-12-7-9(17-23(2,20)21)3-4-10(12)11-8-18-13(15-11)5-6-14(19)16-18/h3-8,17H,1-2H3,(H,16,19). The Morgan fingerprint density at radius 1 is 1.26 bits per heavy atom. The molecular formula is C14H14N4O4S. The summed E-state index contributed by atoms with van der Waals surface area (Å²) in [5, 5.41) is 2.63. The second-order valence-electron chi connectivity index (χ2n) is 4.95. The SMILES string of the molecule is COc1cc(NS(C)(=O)=O)ccc1-c1cn2[nH]c(=O)ccc2n1. The summed E-state index contributed by atoms with van der Waals surface area (Å²) in [7, 11) is -1.88. The first kappa shape index (κ1) is 15.1. The molecule has 9 heteroatoms. The highest BCUT2D eigenvalue weighted by Gasteiger charge is 2.12. The average molecular weight is 334 g/mol. The zero-order chi connectivity index (χ0) is 16.6. The van der Waals surface area contributed by atoms with Crippen molar-refractivity contribution in [2.24, 2.45) is 0 Å². The van der Waals surface area contributed by atoms with Crippen LogP contribution in [0, 0.1) is 0 Å². The normalized spacial score (nSPS) is 11.6. The fraction of sp³-hybridized carbons (Fsp3) is 0.143. The minimum absolute atomic E-state index is 0.235. The van der Waals surface area contributed by atoms with Gasteiger partial charge >= 0.3 is 0 Å². The third-order valence-corrected chi connectivity index (χ3v) is 3.73. The molecule has 2 heterocycles. The maximum Gasteiger partial charge on any atom is 0.262 e. The van der Waals surface area contributed by atoms with E-state index in [0.717, 1.165) is 6.26 Å². The van der Waals surface area contributed by atoms with Gasteiger partial charge in [-0.3, -0.25) is 14.6 Å². The molecule has 2 aromatic heterocycles. The lowest BCUT2D eigenvalue weighted by Crippen LogP contribution is -2.09. The summed E-state index contributed by atoms with van der Waals surface area (Å²) < 4.78 is 31.8. The van der Waals surface area contributed by atoms with Gasteiger partial charge in [0, 0.05) is 17.7 Å². The summed E-state index contributed by atoms with van der Waals surface area (Å²) >= 11 is 0. The van der Waals surface area contributed by atoms with Crippen molar-refractivity contribution in [3.63, 3.8) is 0 Å². The van der Waals surface area contributed by atoms with Crippen LogP contribution in [-0.4, -0.2) is 36.4 Å². The topological polar surface area (TPSA) is 106 Å². The Kier molecular flexibility index (Phi) is 3.57. The molecule has 3 aromatic rings. The lowest BCUT2D eigenvalue weighted by atomic mass is 10.1. The summed E-state index contributed by atoms with van der Waals surface area (Å²) in [5.74, 6) is 0.462. The number of nitrogens with one attached hydrogen (secondary N) is 2. The number of methoxy groups -OCH3 is 1. The quantitative estimate of drug-likeness (QED) is 0.742. The Labute approximate surface area is 131 Å². The number of imidazole rings is 1. The minimum atomic E-state index is -3.37. The molecule has 0 saturated heterocycles. The number of anilines is 1. The van der Waals surface area contributed by atoms with Crippen molar-refractivity contribution in [2.45, 2.75) is 0 Å². The smallest absolute Gasteiger partial charge is 0.262 e. The molecule has 0 aliphatic carbocycles. The molecule has 0 spiro atoms. The van der Waals surface area contributed by atoms with Crippen LogP contribution < -0.4 is 15.0 Å². The Balaban J connectivity index is 2.08. The first-order valence-corrected chi connectivity index (χ1v) is 8.49. The molecular weight excluding hydrogens is 320 g/mol. The van der Waals surface area contributed by atoms with Gasteiger partial charge in [-0.1, -0.05) is 0 Å². The van der Waals surface area contributed by atoms with Crippen LogP contribution in [0.3, 0.4) is 0 Å². The number of aromatic nitrogens is 3. The van der Waals surface area contributed by atoms with Crippen molar-refractivity contribution in [1.29, 1.82) is 0 Å². The fourth-order valence-corrected chi connectivity index (χ4v) is 2.77. The van der Waals surface area contributed by atoms with Gasteiger partial charge < -0.3 is 4.74 Å². The van der Waals surface area contributed by atoms with Crippen LogP contribution in [0.2, 0.25) is 0 Å². The molecule has 0 fully saturated rings. The van der Waals surface area contributed by atoms with Crippen LogP contribution >= 0.6 is 0 Å². The number of aromatic amines is 1. The van der Waals surface area contributed by atoms with E-state index in [1.807, 2.05) is 0 Å². The molecule has 0 aliphatic heterocycles. The molecule has 0 unspecified atom stereocenters. The number of benzene rings is 1. The summed E-state index contributed by atoms with van der Waals surface area (Å²) in [5.41, 5.74) is 2.01. The number of ether oxygens (including phenoxy) is 1. The third kappa shape index (κ3) is 3.19. The predicted molar refractivity (Wildman–Crippen MR) is 86.3 cm³/mol. The van der Waals surface area contributed by atoms with Gasteiger partial charge in [-0.15, -0.1) is 0 Å². The molecule has 0 radical (unpaired) electrons. The average Bonchev–Trinajstić information content (AvgIpc) is 2.88. The predicted octanol–water partition coefficient (Wildman–Crippen LogP) is 1.07. The second kappa shape index (κ2) is 5.43. The highest BCUT2D eigenvalue weighted by Crippen LogP contribution is 2.32. The number of sulfonamides is 1. The van der Waals surface area contributed by atoms with Gasteiger partial charge in [-0.25, -0.2) is 17.9 Å². The maximum atomic E-state index is 11.3. The summed E-state index contributed by atoms with van der Waals surface area (Å²) in [6, 6.07) is 7.89. The first-order chi connectivity index (χ1) is 10.9. The van der Waals surface area contributed by atoms with Gasteiger partial charge in [0.15, 0.2) is 5.65 Å². The van der Waals surface area contributed by atoms with Gasteiger partial charge in [0.25, 0.3) is 5.56 Å². The van der Waals surface area contributed by atoms with Crippen LogP contribution in [0.5, 0.6) is 5.75 Å². The van der Waals surface area contributed by atoms with E-state index >= 15 is 0 Å². The van der Waals surface area contributed by atoms with Crippen LogP contribution in [0.15, 0.2) is 41.3 Å². The Morgan fingerprint density at radius 2 is 2.04 bits per heavy atom. The van der Waals surface area contributed by atoms with Crippen molar-refractivity contribution in [3.8, 4) is 17.0 Å². The van der Waals surface area contributed by atoms with Gasteiger partial charge in [0.2, 0.25) is 10.0 Å². The Bertz CT molecular complexity index is 1040. The van der Waals surface area contributed by atoms with E-state index in [2.05, 4.69) is 14.8 Å². The van der Waals surface area contributed by atoms with E-state index in [-0.39, 0.29) is 5.56 Å². The molecule has 0 aliphatic rings. The maximum absolute atomic E-state index is 11.3. The minimum Gasteiger partial charge on any atom is -0.496 e. The molecule has 23 heavy (non-hydrogen) atoms. The zero-order valence-corrected chi connectivity index (χ0v) is 13.2. The lowest BCUT2D eigenvalue weighted by Gasteiger charge is -2.09. The summed E-state index contributed by atoms with van der Waals surface area (Å²) in [6.07, 6.45) is 2.74. The van der Waals surface area contributed by atoms with Crippen molar-refractivity contribution in [3.05, 3.63) is 46.9 Å². The summed E-state index contributed by atoms with van der Waals surface area (Å²) in [4.78, 5) is 15.7. The van der Waals surface area contributed by atoms with Crippen LogP contribution in [0.4, 0.5) is 5.69 Å². The van der Waals surface area contributed by atoms with E-state index in [1.54, 1.807) is 30.5 Å².